The van der Waals surface area contributed by atoms with Gasteiger partial charge < -0.3 is 9.52 Å². The highest BCUT2D eigenvalue weighted by Gasteiger charge is 2.07. The van der Waals surface area contributed by atoms with E-state index < -0.39 is 5.97 Å². The number of rotatable bonds is 3. The van der Waals surface area contributed by atoms with Gasteiger partial charge >= 0.3 is 5.97 Å². The van der Waals surface area contributed by atoms with Crippen LogP contribution in [0.4, 0.5) is 4.39 Å². The van der Waals surface area contributed by atoms with E-state index >= 15 is 0 Å². The molecular weight excluding hydrogens is 211 g/mol. The number of carboxylic acids is 1. The van der Waals surface area contributed by atoms with Crippen LogP contribution in [0.25, 0.3) is 11.3 Å². The number of benzene rings is 1. The Hall–Kier alpha value is -2.10. The molecule has 0 saturated heterocycles. The van der Waals surface area contributed by atoms with Crippen LogP contribution in [0.2, 0.25) is 0 Å². The Bertz CT molecular complexity index is 499. The number of hydrogen-bond donors (Lipinski definition) is 1. The SMILES string of the molecule is O=C(O)Cc1ccc(-c2ccc(F)cc2)o1. The summed E-state index contributed by atoms with van der Waals surface area (Å²) >= 11 is 0. The predicted octanol–water partition coefficient (Wildman–Crippen LogP) is 2.71. The van der Waals surface area contributed by atoms with Crippen molar-refractivity contribution in [2.75, 3.05) is 0 Å². The lowest BCUT2D eigenvalue weighted by Crippen LogP contribution is -1.97. The standard InChI is InChI=1S/C12H9FO3/c13-9-3-1-8(2-4-9)11-6-5-10(16-11)7-12(14)15/h1-6H,7H2,(H,14,15). The van der Waals surface area contributed by atoms with Gasteiger partial charge in [-0.25, -0.2) is 4.39 Å². The van der Waals surface area contributed by atoms with Crippen LogP contribution in [-0.2, 0) is 11.2 Å². The van der Waals surface area contributed by atoms with Crippen LogP contribution in [0.1, 0.15) is 5.76 Å². The Kier molecular flexibility index (Phi) is 2.72. The molecule has 0 bridgehead atoms. The first-order chi connectivity index (χ1) is 7.65. The normalized spacial score (nSPS) is 10.3. The van der Waals surface area contributed by atoms with E-state index in [9.17, 15) is 9.18 Å². The van der Waals surface area contributed by atoms with Crippen LogP contribution < -0.4 is 0 Å². The molecule has 82 valence electrons. The summed E-state index contributed by atoms with van der Waals surface area (Å²) in [5, 5.41) is 8.57. The molecule has 2 rings (SSSR count). The predicted molar refractivity (Wildman–Crippen MR) is 55.4 cm³/mol. The number of hydrogen-bond acceptors (Lipinski definition) is 2. The molecule has 1 heterocycles. The Morgan fingerprint density at radius 3 is 2.50 bits per heavy atom. The van der Waals surface area contributed by atoms with Crippen molar-refractivity contribution in [2.24, 2.45) is 0 Å². The lowest BCUT2D eigenvalue weighted by atomic mass is 10.2. The van der Waals surface area contributed by atoms with Gasteiger partial charge in [-0.1, -0.05) is 0 Å². The maximum atomic E-state index is 12.7. The lowest BCUT2D eigenvalue weighted by molar-refractivity contribution is -0.136. The minimum absolute atomic E-state index is 0.152. The van der Waals surface area contributed by atoms with Crippen molar-refractivity contribution in [3.05, 3.63) is 48.0 Å². The third kappa shape index (κ3) is 2.28. The molecule has 0 fully saturated rings. The minimum atomic E-state index is -0.944. The molecule has 1 aromatic carbocycles. The van der Waals surface area contributed by atoms with Crippen molar-refractivity contribution in [2.45, 2.75) is 6.42 Å². The van der Waals surface area contributed by atoms with Crippen molar-refractivity contribution in [1.29, 1.82) is 0 Å². The summed E-state index contributed by atoms with van der Waals surface area (Å²) in [5.74, 6) is -0.343. The van der Waals surface area contributed by atoms with Gasteiger partial charge in [-0.2, -0.15) is 0 Å². The van der Waals surface area contributed by atoms with Gasteiger partial charge in [0.05, 0.1) is 0 Å². The van der Waals surface area contributed by atoms with E-state index in [2.05, 4.69) is 0 Å². The van der Waals surface area contributed by atoms with Gasteiger partial charge in [0.1, 0.15) is 23.8 Å². The number of aliphatic carboxylic acids is 1. The molecule has 2 aromatic rings. The fourth-order valence-corrected chi connectivity index (χ4v) is 1.39. The third-order valence-corrected chi connectivity index (χ3v) is 2.12. The topological polar surface area (TPSA) is 50.4 Å². The van der Waals surface area contributed by atoms with Gasteiger partial charge in [0, 0.05) is 5.56 Å². The van der Waals surface area contributed by atoms with Gasteiger partial charge in [-0.3, -0.25) is 4.79 Å². The number of furan rings is 1. The third-order valence-electron chi connectivity index (χ3n) is 2.12. The highest BCUT2D eigenvalue weighted by Crippen LogP contribution is 2.22. The molecule has 16 heavy (non-hydrogen) atoms. The zero-order chi connectivity index (χ0) is 11.5. The molecular formula is C12H9FO3. The summed E-state index contributed by atoms with van der Waals surface area (Å²) in [5.41, 5.74) is 0.720. The Morgan fingerprint density at radius 2 is 1.88 bits per heavy atom. The summed E-state index contributed by atoms with van der Waals surface area (Å²) < 4.78 is 18.0. The van der Waals surface area contributed by atoms with Crippen molar-refractivity contribution < 1.29 is 18.7 Å². The van der Waals surface area contributed by atoms with Gasteiger partial charge in [0.15, 0.2) is 0 Å². The van der Waals surface area contributed by atoms with Gasteiger partial charge in [0.25, 0.3) is 0 Å². The van der Waals surface area contributed by atoms with Crippen LogP contribution in [0, 0.1) is 5.82 Å². The summed E-state index contributed by atoms with van der Waals surface area (Å²) in [4.78, 5) is 10.4. The van der Waals surface area contributed by atoms with Crippen LogP contribution in [0.5, 0.6) is 0 Å². The zero-order valence-electron chi connectivity index (χ0n) is 8.31. The van der Waals surface area contributed by atoms with Crippen LogP contribution in [0.3, 0.4) is 0 Å². The second-order valence-corrected chi connectivity index (χ2v) is 3.34. The summed E-state index contributed by atoms with van der Waals surface area (Å²) in [6.07, 6.45) is -0.152. The first kappa shape index (κ1) is 10.4. The Morgan fingerprint density at radius 1 is 1.19 bits per heavy atom. The lowest BCUT2D eigenvalue weighted by Gasteiger charge is -1.96. The molecule has 0 radical (unpaired) electrons. The molecule has 0 spiro atoms. The summed E-state index contributed by atoms with van der Waals surface area (Å²) in [7, 11) is 0. The summed E-state index contributed by atoms with van der Waals surface area (Å²) in [6.45, 7) is 0. The van der Waals surface area contributed by atoms with Crippen molar-refractivity contribution in [3.63, 3.8) is 0 Å². The minimum Gasteiger partial charge on any atom is -0.481 e. The molecule has 0 aliphatic rings. The van der Waals surface area contributed by atoms with Gasteiger partial charge in [-0.05, 0) is 36.4 Å². The van der Waals surface area contributed by atoms with Gasteiger partial charge in [-0.15, -0.1) is 0 Å². The molecule has 1 N–H and O–H groups in total. The molecule has 0 saturated carbocycles. The molecule has 0 amide bonds. The average Bonchev–Trinajstić information content (AvgIpc) is 2.66. The molecule has 1 aromatic heterocycles. The molecule has 4 heteroatoms. The molecule has 3 nitrogen and oxygen atoms in total. The number of halogens is 1. The van der Waals surface area contributed by atoms with E-state index in [0.29, 0.717) is 11.5 Å². The summed E-state index contributed by atoms with van der Waals surface area (Å²) in [6, 6.07) is 9.10. The van der Waals surface area contributed by atoms with E-state index in [1.807, 2.05) is 0 Å². The highest BCUT2D eigenvalue weighted by molar-refractivity contribution is 5.69. The van der Waals surface area contributed by atoms with E-state index in [1.165, 1.54) is 12.1 Å². The smallest absolute Gasteiger partial charge is 0.311 e. The quantitative estimate of drug-likeness (QED) is 0.865. The molecule has 0 atom stereocenters. The number of carboxylic acid groups (broad SMARTS) is 1. The first-order valence-corrected chi connectivity index (χ1v) is 4.71. The average molecular weight is 220 g/mol. The van der Waals surface area contributed by atoms with Crippen molar-refractivity contribution in [1.82, 2.24) is 0 Å². The second kappa shape index (κ2) is 4.18. The monoisotopic (exact) mass is 220 g/mol. The molecule has 0 aliphatic carbocycles. The maximum Gasteiger partial charge on any atom is 0.311 e. The second-order valence-electron chi connectivity index (χ2n) is 3.34. The van der Waals surface area contributed by atoms with E-state index in [4.69, 9.17) is 9.52 Å². The first-order valence-electron chi connectivity index (χ1n) is 4.71. The van der Waals surface area contributed by atoms with Crippen LogP contribution in [-0.4, -0.2) is 11.1 Å². The maximum absolute atomic E-state index is 12.7. The zero-order valence-corrected chi connectivity index (χ0v) is 8.31. The fraction of sp³-hybridized carbons (Fsp3) is 0.0833. The van der Waals surface area contributed by atoms with Crippen LogP contribution in [0.15, 0.2) is 40.8 Å². The molecule has 0 aliphatic heterocycles. The van der Waals surface area contributed by atoms with Gasteiger partial charge in [0.2, 0.25) is 0 Å². The Balaban J connectivity index is 2.24. The number of carbonyl (C=O) groups is 1. The van der Waals surface area contributed by atoms with E-state index in [1.54, 1.807) is 24.3 Å². The van der Waals surface area contributed by atoms with Crippen LogP contribution >= 0.6 is 0 Å². The highest BCUT2D eigenvalue weighted by atomic mass is 19.1. The van der Waals surface area contributed by atoms with E-state index in [-0.39, 0.29) is 12.2 Å². The van der Waals surface area contributed by atoms with Crippen molar-refractivity contribution in [3.8, 4) is 11.3 Å². The fourth-order valence-electron chi connectivity index (χ4n) is 1.39. The Labute approximate surface area is 91.1 Å². The molecule has 0 unspecified atom stereocenters. The largest absolute Gasteiger partial charge is 0.481 e. The van der Waals surface area contributed by atoms with Crippen molar-refractivity contribution >= 4 is 5.97 Å². The van der Waals surface area contributed by atoms with E-state index in [0.717, 1.165) is 5.56 Å².